The van der Waals surface area contributed by atoms with Crippen molar-refractivity contribution in [1.82, 2.24) is 20.0 Å². The van der Waals surface area contributed by atoms with Crippen LogP contribution in [0.15, 0.2) is 48.8 Å². The number of nitrogens with zero attached hydrogens (tertiary/aromatic N) is 5. The fourth-order valence-electron chi connectivity index (χ4n) is 5.70. The molecule has 0 saturated carbocycles. The van der Waals surface area contributed by atoms with Crippen molar-refractivity contribution in [2.45, 2.75) is 44.4 Å². The summed E-state index contributed by atoms with van der Waals surface area (Å²) in [5.41, 5.74) is -2.75. The normalized spacial score (nSPS) is 18.0. The highest BCUT2D eigenvalue weighted by molar-refractivity contribution is 6.23. The van der Waals surface area contributed by atoms with Crippen LogP contribution in [0.25, 0.3) is 0 Å². The molecule has 2 aromatic carbocycles. The molecule has 17 heteroatoms. The number of amides is 5. The number of hydrogen-bond acceptors (Lipinski definition) is 9. The van der Waals surface area contributed by atoms with Crippen LogP contribution in [-0.4, -0.2) is 68.3 Å². The van der Waals surface area contributed by atoms with Crippen LogP contribution in [0.5, 0.6) is 0 Å². The number of carbonyl (C=O) groups is 5. The Morgan fingerprint density at radius 3 is 2.45 bits per heavy atom. The van der Waals surface area contributed by atoms with Gasteiger partial charge < -0.3 is 10.2 Å². The molecule has 4 heterocycles. The Morgan fingerprint density at radius 2 is 1.78 bits per heavy atom. The van der Waals surface area contributed by atoms with Crippen molar-refractivity contribution in [3.8, 4) is 11.8 Å². The number of nitrogens with one attached hydrogen (secondary N) is 2. The van der Waals surface area contributed by atoms with E-state index in [4.69, 9.17) is 0 Å². The second kappa shape index (κ2) is 11.9. The van der Waals surface area contributed by atoms with Crippen molar-refractivity contribution in [3.05, 3.63) is 81.2 Å². The summed E-state index contributed by atoms with van der Waals surface area (Å²) in [5, 5.41) is 19.8. The average Bonchev–Trinajstić information content (AvgIpc) is 3.59. The molecular weight excluding hydrogens is 651 g/mol. The molecule has 2 saturated heterocycles. The standard InChI is InChI=1S/C32H26F3N7O7/c1-31(2,30(47)37-19-5-8-24(42(48)49)23(11-19)32(33,34)35)40-16-17(13-36-40)3-4-18-14-39(15-18)20-6-7-21-22(12-20)29(46)41(28(21)45)25-9-10-26(43)38-27(25)44/h5-8,11-13,16,18,25H,9-10,14-15H2,1-2H3,(H,37,47)(H,38,43,44). The number of anilines is 2. The molecule has 5 amide bonds. The van der Waals surface area contributed by atoms with Gasteiger partial charge in [0.25, 0.3) is 23.4 Å². The number of rotatable bonds is 6. The molecule has 49 heavy (non-hydrogen) atoms. The lowest BCUT2D eigenvalue weighted by atomic mass is 9.98. The first kappa shape index (κ1) is 32.9. The van der Waals surface area contributed by atoms with Gasteiger partial charge in [0.15, 0.2) is 0 Å². The van der Waals surface area contributed by atoms with Crippen LogP contribution in [0.3, 0.4) is 0 Å². The predicted octanol–water partition coefficient (Wildman–Crippen LogP) is 3.07. The molecule has 0 spiro atoms. The number of benzene rings is 2. The van der Waals surface area contributed by atoms with Crippen LogP contribution < -0.4 is 15.5 Å². The fraction of sp³-hybridized carbons (Fsp3) is 0.312. The third-order valence-electron chi connectivity index (χ3n) is 8.56. The van der Waals surface area contributed by atoms with Gasteiger partial charge in [-0.2, -0.15) is 18.3 Å². The first-order valence-electron chi connectivity index (χ1n) is 14.9. The fourth-order valence-corrected chi connectivity index (χ4v) is 5.70. The molecule has 1 unspecified atom stereocenters. The minimum absolute atomic E-state index is 0.0263. The molecule has 252 valence electrons. The minimum atomic E-state index is -5.01. The lowest BCUT2D eigenvalue weighted by Gasteiger charge is -2.38. The monoisotopic (exact) mass is 677 g/mol. The Balaban J connectivity index is 1.08. The number of nitro benzene ring substituents is 1. The van der Waals surface area contributed by atoms with Gasteiger partial charge in [0, 0.05) is 43.1 Å². The van der Waals surface area contributed by atoms with Crippen molar-refractivity contribution in [2.75, 3.05) is 23.3 Å². The van der Waals surface area contributed by atoms with E-state index in [1.54, 1.807) is 18.2 Å². The van der Waals surface area contributed by atoms with E-state index in [1.807, 2.05) is 4.90 Å². The van der Waals surface area contributed by atoms with E-state index < -0.39 is 63.5 Å². The summed E-state index contributed by atoms with van der Waals surface area (Å²) in [6.45, 7) is 4.01. The number of aromatic nitrogens is 2. The molecule has 0 bridgehead atoms. The zero-order valence-corrected chi connectivity index (χ0v) is 25.8. The summed E-state index contributed by atoms with van der Waals surface area (Å²) >= 11 is 0. The maximum Gasteiger partial charge on any atom is 0.423 e. The number of alkyl halides is 3. The summed E-state index contributed by atoms with van der Waals surface area (Å²) < 4.78 is 41.4. The number of carbonyl (C=O) groups excluding carboxylic acids is 5. The van der Waals surface area contributed by atoms with Gasteiger partial charge in [-0.25, -0.2) is 0 Å². The van der Waals surface area contributed by atoms with Crippen LogP contribution in [0, 0.1) is 27.9 Å². The van der Waals surface area contributed by atoms with Gasteiger partial charge in [-0.05, 0) is 50.6 Å². The van der Waals surface area contributed by atoms with Crippen LogP contribution in [0.1, 0.15) is 58.5 Å². The number of hydrogen-bond donors (Lipinski definition) is 2. The summed E-state index contributed by atoms with van der Waals surface area (Å²) in [5.74, 6) is 3.02. The lowest BCUT2D eigenvalue weighted by molar-refractivity contribution is -0.388. The largest absolute Gasteiger partial charge is 0.423 e. The Labute approximate surface area is 275 Å². The van der Waals surface area contributed by atoms with Crippen molar-refractivity contribution >= 4 is 46.6 Å². The molecular formula is C32H26F3N7O7. The van der Waals surface area contributed by atoms with E-state index >= 15 is 0 Å². The summed E-state index contributed by atoms with van der Waals surface area (Å²) in [4.78, 5) is 75.7. The molecule has 3 aromatic rings. The molecule has 0 aliphatic carbocycles. The summed E-state index contributed by atoms with van der Waals surface area (Å²) in [7, 11) is 0. The average molecular weight is 678 g/mol. The molecule has 2 fully saturated rings. The summed E-state index contributed by atoms with van der Waals surface area (Å²) in [6, 6.07) is 5.99. The maximum absolute atomic E-state index is 13.4. The highest BCUT2D eigenvalue weighted by atomic mass is 19.4. The Hall–Kier alpha value is -6.05. The second-order valence-corrected chi connectivity index (χ2v) is 12.2. The number of piperidine rings is 1. The smallest absolute Gasteiger partial charge is 0.369 e. The summed E-state index contributed by atoms with van der Waals surface area (Å²) in [6.07, 6.45) is -1.97. The van der Waals surface area contributed by atoms with Gasteiger partial charge >= 0.3 is 6.18 Å². The van der Waals surface area contributed by atoms with Crippen LogP contribution >= 0.6 is 0 Å². The van der Waals surface area contributed by atoms with Crippen LogP contribution in [-0.2, 0) is 26.1 Å². The zero-order chi connectivity index (χ0) is 35.4. The van der Waals surface area contributed by atoms with Crippen molar-refractivity contribution in [3.63, 3.8) is 0 Å². The lowest BCUT2D eigenvalue weighted by Crippen LogP contribution is -2.54. The first-order chi connectivity index (χ1) is 23.0. The van der Waals surface area contributed by atoms with Crippen molar-refractivity contribution in [1.29, 1.82) is 0 Å². The molecule has 1 aromatic heterocycles. The van der Waals surface area contributed by atoms with E-state index in [1.165, 1.54) is 30.9 Å². The van der Waals surface area contributed by atoms with Gasteiger partial charge in [0.1, 0.15) is 17.1 Å². The first-order valence-corrected chi connectivity index (χ1v) is 14.9. The highest BCUT2D eigenvalue weighted by Crippen LogP contribution is 2.38. The van der Waals surface area contributed by atoms with Crippen molar-refractivity contribution in [2.24, 2.45) is 5.92 Å². The van der Waals surface area contributed by atoms with Gasteiger partial charge in [-0.15, -0.1) is 0 Å². The Kier molecular flexibility index (Phi) is 7.97. The van der Waals surface area contributed by atoms with E-state index in [-0.39, 0.29) is 35.6 Å². The molecule has 6 rings (SSSR count). The molecule has 14 nitrogen and oxygen atoms in total. The van der Waals surface area contributed by atoms with Gasteiger partial charge in [-0.1, -0.05) is 11.8 Å². The molecule has 2 N–H and O–H groups in total. The molecule has 3 aliphatic heterocycles. The third-order valence-corrected chi connectivity index (χ3v) is 8.56. The quantitative estimate of drug-likeness (QED) is 0.172. The van der Waals surface area contributed by atoms with E-state index in [9.17, 15) is 47.3 Å². The Morgan fingerprint density at radius 1 is 1.06 bits per heavy atom. The van der Waals surface area contributed by atoms with Crippen molar-refractivity contribution < 1.29 is 42.1 Å². The molecule has 0 radical (unpaired) electrons. The molecule has 3 aliphatic rings. The third kappa shape index (κ3) is 6.08. The van der Waals surface area contributed by atoms with Gasteiger partial charge in [0.2, 0.25) is 11.8 Å². The van der Waals surface area contributed by atoms with E-state index in [2.05, 4.69) is 27.6 Å². The van der Waals surface area contributed by atoms with Gasteiger partial charge in [-0.3, -0.25) is 49.0 Å². The topological polar surface area (TPSA) is 177 Å². The van der Waals surface area contributed by atoms with Gasteiger partial charge in [0.05, 0.1) is 33.7 Å². The maximum atomic E-state index is 13.4. The second-order valence-electron chi connectivity index (χ2n) is 12.2. The minimum Gasteiger partial charge on any atom is -0.369 e. The molecule has 1 atom stereocenters. The highest BCUT2D eigenvalue weighted by Gasteiger charge is 2.45. The predicted molar refractivity (Wildman–Crippen MR) is 164 cm³/mol. The number of fused-ring (bicyclic) bond motifs is 1. The number of halogens is 3. The number of nitro groups is 1. The van der Waals surface area contributed by atoms with E-state index in [0.29, 0.717) is 36.5 Å². The SMILES string of the molecule is CC(C)(C(=O)Nc1ccc([N+](=O)[O-])c(C(F)(F)F)c1)n1cc(C#CC2CN(c3ccc4c(c3)C(=O)N(C3CCC(=O)NC3=O)C4=O)C2)cn1. The van der Waals surface area contributed by atoms with Crippen LogP contribution in [0.2, 0.25) is 0 Å². The Bertz CT molecular complexity index is 2020. The zero-order valence-electron chi connectivity index (χ0n) is 25.8. The van der Waals surface area contributed by atoms with E-state index in [0.717, 1.165) is 11.0 Å². The number of imide groups is 2. The van der Waals surface area contributed by atoms with Crippen LogP contribution in [0.4, 0.5) is 30.2 Å².